The van der Waals surface area contributed by atoms with Crippen molar-refractivity contribution in [2.45, 2.75) is 63.5 Å². The second-order valence-corrected chi connectivity index (χ2v) is 6.76. The van der Waals surface area contributed by atoms with Crippen LogP contribution in [0.15, 0.2) is 24.3 Å². The van der Waals surface area contributed by atoms with Crippen LogP contribution in [0, 0.1) is 0 Å². The zero-order valence-corrected chi connectivity index (χ0v) is 13.8. The van der Waals surface area contributed by atoms with E-state index in [9.17, 15) is 0 Å². The van der Waals surface area contributed by atoms with Crippen LogP contribution in [0.1, 0.15) is 51.4 Å². The maximum atomic E-state index is 5.98. The highest BCUT2D eigenvalue weighted by Gasteiger charge is 2.18. The van der Waals surface area contributed by atoms with Gasteiger partial charge in [0.05, 0.1) is 12.7 Å². The molecule has 2 aliphatic rings. The average molecular weight is 303 g/mol. The maximum absolute atomic E-state index is 5.98. The summed E-state index contributed by atoms with van der Waals surface area (Å²) in [5.74, 6) is 1.93. The summed E-state index contributed by atoms with van der Waals surface area (Å²) in [5, 5.41) is 0. The molecule has 1 atom stereocenters. The molecule has 0 radical (unpaired) electrons. The van der Waals surface area contributed by atoms with Gasteiger partial charge in [0.2, 0.25) is 0 Å². The van der Waals surface area contributed by atoms with Gasteiger partial charge in [-0.25, -0.2) is 0 Å². The fourth-order valence-electron chi connectivity index (χ4n) is 3.63. The molecular weight excluding hydrogens is 274 g/mol. The van der Waals surface area contributed by atoms with E-state index >= 15 is 0 Å². The standard InChI is InChI=1S/C19H29NO2/c1-20-14-5-4-6-16(20)13-15-21-17-9-11-19(12-10-17)22-18-7-2-3-8-18/h9-12,16,18H,2-8,13-15H2,1H3. The summed E-state index contributed by atoms with van der Waals surface area (Å²) in [4.78, 5) is 2.48. The number of piperidine rings is 1. The van der Waals surface area contributed by atoms with E-state index in [0.717, 1.165) is 24.5 Å². The molecule has 2 fully saturated rings. The summed E-state index contributed by atoms with van der Waals surface area (Å²) in [7, 11) is 2.24. The van der Waals surface area contributed by atoms with E-state index < -0.39 is 0 Å². The summed E-state index contributed by atoms with van der Waals surface area (Å²) in [6.07, 6.45) is 10.6. The molecule has 1 saturated heterocycles. The van der Waals surface area contributed by atoms with Crippen molar-refractivity contribution in [1.29, 1.82) is 0 Å². The molecule has 0 amide bonds. The zero-order chi connectivity index (χ0) is 15.2. The van der Waals surface area contributed by atoms with Gasteiger partial charge >= 0.3 is 0 Å². The minimum Gasteiger partial charge on any atom is -0.494 e. The van der Waals surface area contributed by atoms with Gasteiger partial charge in [0.15, 0.2) is 0 Å². The van der Waals surface area contributed by atoms with E-state index in [4.69, 9.17) is 9.47 Å². The first kappa shape index (κ1) is 15.7. The lowest BCUT2D eigenvalue weighted by molar-refractivity contribution is 0.153. The monoisotopic (exact) mass is 303 g/mol. The third-order valence-corrected chi connectivity index (χ3v) is 5.07. The number of nitrogens with zero attached hydrogens (tertiary/aromatic N) is 1. The fourth-order valence-corrected chi connectivity index (χ4v) is 3.63. The van der Waals surface area contributed by atoms with Crippen LogP contribution < -0.4 is 9.47 Å². The van der Waals surface area contributed by atoms with Crippen molar-refractivity contribution in [1.82, 2.24) is 4.90 Å². The number of ether oxygens (including phenoxy) is 2. The molecule has 3 nitrogen and oxygen atoms in total. The summed E-state index contributed by atoms with van der Waals surface area (Å²) >= 11 is 0. The van der Waals surface area contributed by atoms with Gasteiger partial charge in [-0.1, -0.05) is 6.42 Å². The molecule has 1 aromatic carbocycles. The van der Waals surface area contributed by atoms with Crippen LogP contribution >= 0.6 is 0 Å². The second kappa shape index (κ2) is 7.87. The highest BCUT2D eigenvalue weighted by molar-refractivity contribution is 5.31. The summed E-state index contributed by atoms with van der Waals surface area (Å²) in [6, 6.07) is 8.85. The Morgan fingerprint density at radius 2 is 1.64 bits per heavy atom. The molecule has 0 bridgehead atoms. The summed E-state index contributed by atoms with van der Waals surface area (Å²) in [5.41, 5.74) is 0. The van der Waals surface area contributed by atoms with E-state index in [1.54, 1.807) is 0 Å². The summed E-state index contributed by atoms with van der Waals surface area (Å²) in [6.45, 7) is 2.04. The predicted molar refractivity (Wildman–Crippen MR) is 89.7 cm³/mol. The Morgan fingerprint density at radius 1 is 0.955 bits per heavy atom. The summed E-state index contributed by atoms with van der Waals surface area (Å²) < 4.78 is 11.9. The van der Waals surface area contributed by atoms with E-state index in [0.29, 0.717) is 12.1 Å². The Labute approximate surface area is 134 Å². The van der Waals surface area contributed by atoms with Crippen molar-refractivity contribution in [2.75, 3.05) is 20.2 Å². The molecule has 0 N–H and O–H groups in total. The Morgan fingerprint density at radius 3 is 2.36 bits per heavy atom. The number of benzene rings is 1. The van der Waals surface area contributed by atoms with E-state index in [1.807, 2.05) is 24.3 Å². The van der Waals surface area contributed by atoms with Crippen LogP contribution in [-0.4, -0.2) is 37.2 Å². The average Bonchev–Trinajstić information content (AvgIpc) is 3.04. The molecule has 3 heteroatoms. The Bertz CT molecular complexity index is 439. The third kappa shape index (κ3) is 4.39. The van der Waals surface area contributed by atoms with Gasteiger partial charge in [0.1, 0.15) is 11.5 Å². The predicted octanol–water partition coefficient (Wildman–Crippen LogP) is 4.26. The van der Waals surface area contributed by atoms with Gasteiger partial charge < -0.3 is 14.4 Å². The van der Waals surface area contributed by atoms with Crippen molar-refractivity contribution in [3.63, 3.8) is 0 Å². The van der Waals surface area contributed by atoms with Crippen LogP contribution in [0.4, 0.5) is 0 Å². The first-order chi connectivity index (χ1) is 10.8. The second-order valence-electron chi connectivity index (χ2n) is 6.76. The molecule has 1 saturated carbocycles. The lowest BCUT2D eigenvalue weighted by Gasteiger charge is -2.32. The normalized spacial score (nSPS) is 23.6. The lowest BCUT2D eigenvalue weighted by atomic mass is 10.0. The van der Waals surface area contributed by atoms with Gasteiger partial charge in [-0.15, -0.1) is 0 Å². The highest BCUT2D eigenvalue weighted by atomic mass is 16.5. The Balaban J connectivity index is 1.40. The van der Waals surface area contributed by atoms with Crippen molar-refractivity contribution < 1.29 is 9.47 Å². The molecule has 122 valence electrons. The molecule has 1 aromatic rings. The van der Waals surface area contributed by atoms with E-state index in [-0.39, 0.29) is 0 Å². The molecule has 0 spiro atoms. The van der Waals surface area contributed by atoms with Crippen molar-refractivity contribution in [2.24, 2.45) is 0 Å². The molecule has 3 rings (SSSR count). The van der Waals surface area contributed by atoms with Crippen LogP contribution in [0.25, 0.3) is 0 Å². The molecule has 22 heavy (non-hydrogen) atoms. The number of likely N-dealkylation sites (tertiary alicyclic amines) is 1. The molecular formula is C19H29NO2. The number of hydrogen-bond acceptors (Lipinski definition) is 3. The van der Waals surface area contributed by atoms with Crippen molar-refractivity contribution in [3.8, 4) is 11.5 Å². The number of rotatable bonds is 6. The van der Waals surface area contributed by atoms with Crippen molar-refractivity contribution in [3.05, 3.63) is 24.3 Å². The topological polar surface area (TPSA) is 21.7 Å². The van der Waals surface area contributed by atoms with Crippen LogP contribution in [0.5, 0.6) is 11.5 Å². The van der Waals surface area contributed by atoms with Gasteiger partial charge in [0.25, 0.3) is 0 Å². The van der Waals surface area contributed by atoms with Crippen LogP contribution in [0.2, 0.25) is 0 Å². The highest BCUT2D eigenvalue weighted by Crippen LogP contribution is 2.25. The first-order valence-corrected chi connectivity index (χ1v) is 8.91. The Kier molecular flexibility index (Phi) is 5.60. The molecule has 0 aromatic heterocycles. The van der Waals surface area contributed by atoms with E-state index in [2.05, 4.69) is 11.9 Å². The maximum Gasteiger partial charge on any atom is 0.119 e. The Hall–Kier alpha value is -1.22. The molecule has 1 unspecified atom stereocenters. The van der Waals surface area contributed by atoms with Crippen LogP contribution in [0.3, 0.4) is 0 Å². The minimum absolute atomic E-state index is 0.425. The van der Waals surface area contributed by atoms with Gasteiger partial charge in [-0.05, 0) is 82.8 Å². The third-order valence-electron chi connectivity index (χ3n) is 5.07. The van der Waals surface area contributed by atoms with Gasteiger partial charge in [-0.2, -0.15) is 0 Å². The molecule has 1 aliphatic heterocycles. The SMILES string of the molecule is CN1CCCCC1CCOc1ccc(OC2CCCC2)cc1. The largest absolute Gasteiger partial charge is 0.494 e. The molecule has 1 heterocycles. The quantitative estimate of drug-likeness (QED) is 0.783. The smallest absolute Gasteiger partial charge is 0.119 e. The van der Waals surface area contributed by atoms with E-state index in [1.165, 1.54) is 51.5 Å². The van der Waals surface area contributed by atoms with Crippen LogP contribution in [-0.2, 0) is 0 Å². The minimum atomic E-state index is 0.425. The van der Waals surface area contributed by atoms with Gasteiger partial charge in [0, 0.05) is 6.04 Å². The lowest BCUT2D eigenvalue weighted by Crippen LogP contribution is -2.37. The fraction of sp³-hybridized carbons (Fsp3) is 0.684. The van der Waals surface area contributed by atoms with Gasteiger partial charge in [-0.3, -0.25) is 0 Å². The van der Waals surface area contributed by atoms with Crippen molar-refractivity contribution >= 4 is 0 Å². The first-order valence-electron chi connectivity index (χ1n) is 8.91. The molecule has 1 aliphatic carbocycles. The zero-order valence-electron chi connectivity index (χ0n) is 13.8. The number of hydrogen-bond donors (Lipinski definition) is 0.